The Morgan fingerprint density at radius 3 is 2.59 bits per heavy atom. The molecule has 1 amide bonds. The Bertz CT molecular complexity index is 619. The predicted octanol–water partition coefficient (Wildman–Crippen LogP) is 2.98. The summed E-state index contributed by atoms with van der Waals surface area (Å²) in [5.41, 5.74) is 2.16. The lowest BCUT2D eigenvalue weighted by Crippen LogP contribution is -2.43. The number of nitrogens with zero attached hydrogens (tertiary/aromatic N) is 1. The first-order valence-corrected chi connectivity index (χ1v) is 7.35. The van der Waals surface area contributed by atoms with Crippen LogP contribution in [0.1, 0.15) is 37.5 Å². The van der Waals surface area contributed by atoms with Crippen LogP contribution in [0.25, 0.3) is 5.57 Å². The van der Waals surface area contributed by atoms with Crippen molar-refractivity contribution < 1.29 is 19.5 Å². The van der Waals surface area contributed by atoms with Gasteiger partial charge in [-0.1, -0.05) is 25.1 Å². The van der Waals surface area contributed by atoms with E-state index in [9.17, 15) is 9.90 Å². The van der Waals surface area contributed by atoms with E-state index in [1.807, 2.05) is 32.0 Å². The number of carbonyl (C=O) groups is 1. The van der Waals surface area contributed by atoms with Crippen LogP contribution >= 0.6 is 0 Å². The average Bonchev–Trinajstić information content (AvgIpc) is 2.64. The number of aryl methyl sites for hydroxylation is 2. The second kappa shape index (κ2) is 6.10. The van der Waals surface area contributed by atoms with Gasteiger partial charge in [0, 0.05) is 7.11 Å². The molecule has 0 fully saturated rings. The highest BCUT2D eigenvalue weighted by Gasteiger charge is 2.48. The van der Waals surface area contributed by atoms with E-state index in [-0.39, 0.29) is 18.5 Å². The van der Waals surface area contributed by atoms with Crippen LogP contribution in [0.3, 0.4) is 0 Å². The van der Waals surface area contributed by atoms with Crippen molar-refractivity contribution >= 4 is 11.5 Å². The third-order valence-electron chi connectivity index (χ3n) is 4.01. The summed E-state index contributed by atoms with van der Waals surface area (Å²) in [5.74, 6) is -0.318. The SMILES string of the molecule is CCc1cccc(C)c1C1=C(O)C(C)(C)N(OCOC)C1=O. The van der Waals surface area contributed by atoms with Crippen molar-refractivity contribution in [2.75, 3.05) is 13.9 Å². The lowest BCUT2D eigenvalue weighted by Gasteiger charge is -2.30. The van der Waals surface area contributed by atoms with E-state index in [2.05, 4.69) is 0 Å². The maximum absolute atomic E-state index is 12.8. The minimum absolute atomic E-state index is 0.0256. The fraction of sp³-hybridized carbons (Fsp3) is 0.471. The standard InChI is InChI=1S/C17H23NO4/c1-6-12-9-7-8-11(2)13(12)14-15(19)17(3,4)18(16(14)20)22-10-21-5/h7-9,19H,6,10H2,1-5H3. The third kappa shape index (κ3) is 2.51. The van der Waals surface area contributed by atoms with E-state index >= 15 is 0 Å². The van der Waals surface area contributed by atoms with Gasteiger partial charge in [-0.25, -0.2) is 9.90 Å². The summed E-state index contributed by atoms with van der Waals surface area (Å²) >= 11 is 0. The van der Waals surface area contributed by atoms with Gasteiger partial charge in [0.1, 0.15) is 11.3 Å². The molecule has 1 aromatic rings. The highest BCUT2D eigenvalue weighted by Crippen LogP contribution is 2.40. The second-order valence-electron chi connectivity index (χ2n) is 5.88. The summed E-state index contributed by atoms with van der Waals surface area (Å²) in [6, 6.07) is 5.87. The molecule has 0 aromatic heterocycles. The average molecular weight is 305 g/mol. The smallest absolute Gasteiger partial charge is 0.282 e. The van der Waals surface area contributed by atoms with E-state index < -0.39 is 5.54 Å². The van der Waals surface area contributed by atoms with Gasteiger partial charge in [0.15, 0.2) is 6.79 Å². The molecule has 1 aromatic carbocycles. The molecule has 1 heterocycles. The van der Waals surface area contributed by atoms with Crippen LogP contribution in [0.4, 0.5) is 0 Å². The topological polar surface area (TPSA) is 59.0 Å². The fourth-order valence-corrected chi connectivity index (χ4v) is 2.79. The molecular formula is C17H23NO4. The molecular weight excluding hydrogens is 282 g/mol. The second-order valence-corrected chi connectivity index (χ2v) is 5.88. The number of methoxy groups -OCH3 is 1. The van der Waals surface area contributed by atoms with Crippen LogP contribution in [-0.4, -0.2) is 35.5 Å². The van der Waals surface area contributed by atoms with Crippen molar-refractivity contribution in [3.8, 4) is 0 Å². The molecule has 120 valence electrons. The molecule has 0 saturated heterocycles. The molecule has 1 aliphatic heterocycles. The third-order valence-corrected chi connectivity index (χ3v) is 4.01. The number of hydrogen-bond donors (Lipinski definition) is 1. The maximum Gasteiger partial charge on any atom is 0.282 e. The molecule has 0 bridgehead atoms. The number of amides is 1. The lowest BCUT2D eigenvalue weighted by atomic mass is 9.91. The van der Waals surface area contributed by atoms with Gasteiger partial charge >= 0.3 is 0 Å². The first kappa shape index (κ1) is 16.5. The summed E-state index contributed by atoms with van der Waals surface area (Å²) in [5, 5.41) is 11.8. The Balaban J connectivity index is 2.56. The van der Waals surface area contributed by atoms with E-state index in [0.29, 0.717) is 5.57 Å². The Kier molecular flexibility index (Phi) is 4.58. The Morgan fingerprint density at radius 1 is 1.32 bits per heavy atom. The Labute approximate surface area is 131 Å². The van der Waals surface area contributed by atoms with Gasteiger partial charge < -0.3 is 9.84 Å². The number of hydrogen-bond acceptors (Lipinski definition) is 4. The van der Waals surface area contributed by atoms with E-state index in [1.54, 1.807) is 13.8 Å². The van der Waals surface area contributed by atoms with Crippen LogP contribution in [0.2, 0.25) is 0 Å². The maximum atomic E-state index is 12.8. The molecule has 1 aliphatic rings. The molecule has 0 spiro atoms. The van der Waals surface area contributed by atoms with Crippen molar-refractivity contribution in [3.63, 3.8) is 0 Å². The van der Waals surface area contributed by atoms with Gasteiger partial charge in [0.2, 0.25) is 0 Å². The quantitative estimate of drug-likeness (QED) is 0.850. The summed E-state index contributed by atoms with van der Waals surface area (Å²) in [6.45, 7) is 7.40. The van der Waals surface area contributed by atoms with Crippen molar-refractivity contribution in [2.24, 2.45) is 0 Å². The highest BCUT2D eigenvalue weighted by molar-refractivity contribution is 6.23. The number of aliphatic hydroxyl groups excluding tert-OH is 1. The van der Waals surface area contributed by atoms with Crippen molar-refractivity contribution in [1.29, 1.82) is 0 Å². The minimum atomic E-state index is -0.932. The predicted molar refractivity (Wildman–Crippen MR) is 84.0 cm³/mol. The van der Waals surface area contributed by atoms with Gasteiger partial charge in [-0.15, -0.1) is 0 Å². The molecule has 0 atom stereocenters. The molecule has 0 radical (unpaired) electrons. The largest absolute Gasteiger partial charge is 0.509 e. The van der Waals surface area contributed by atoms with Crippen molar-refractivity contribution in [3.05, 3.63) is 40.6 Å². The number of rotatable bonds is 5. The number of aliphatic hydroxyl groups is 1. The Morgan fingerprint density at radius 2 is 2.00 bits per heavy atom. The van der Waals surface area contributed by atoms with Crippen LogP contribution in [-0.2, 0) is 20.8 Å². The number of ether oxygens (including phenoxy) is 1. The van der Waals surface area contributed by atoms with E-state index in [1.165, 1.54) is 12.2 Å². The number of benzene rings is 1. The molecule has 0 aliphatic carbocycles. The molecule has 1 N–H and O–H groups in total. The van der Waals surface area contributed by atoms with Crippen LogP contribution in [0.5, 0.6) is 0 Å². The Hall–Kier alpha value is -1.85. The van der Waals surface area contributed by atoms with Crippen LogP contribution < -0.4 is 0 Å². The monoisotopic (exact) mass is 305 g/mol. The van der Waals surface area contributed by atoms with Crippen molar-refractivity contribution in [2.45, 2.75) is 39.7 Å². The molecule has 5 nitrogen and oxygen atoms in total. The van der Waals surface area contributed by atoms with Gasteiger partial charge in [0.25, 0.3) is 5.91 Å². The van der Waals surface area contributed by atoms with Gasteiger partial charge in [-0.3, -0.25) is 4.79 Å². The molecule has 2 rings (SSSR count). The summed E-state index contributed by atoms with van der Waals surface area (Å²) in [6.07, 6.45) is 0.778. The number of carbonyl (C=O) groups excluding carboxylic acids is 1. The summed E-state index contributed by atoms with van der Waals surface area (Å²) in [4.78, 5) is 18.2. The first-order chi connectivity index (χ1) is 10.4. The fourth-order valence-electron chi connectivity index (χ4n) is 2.79. The molecule has 22 heavy (non-hydrogen) atoms. The first-order valence-electron chi connectivity index (χ1n) is 7.35. The van der Waals surface area contributed by atoms with Gasteiger partial charge in [0.05, 0.1) is 5.57 Å². The highest BCUT2D eigenvalue weighted by atomic mass is 16.8. The van der Waals surface area contributed by atoms with Crippen LogP contribution in [0, 0.1) is 6.92 Å². The zero-order valence-electron chi connectivity index (χ0n) is 13.8. The van der Waals surface area contributed by atoms with E-state index in [4.69, 9.17) is 9.57 Å². The van der Waals surface area contributed by atoms with Crippen LogP contribution in [0.15, 0.2) is 24.0 Å². The normalized spacial score (nSPS) is 17.5. The summed E-state index contributed by atoms with van der Waals surface area (Å²) < 4.78 is 4.87. The zero-order chi connectivity index (χ0) is 16.5. The number of hydroxylamine groups is 2. The summed E-state index contributed by atoms with van der Waals surface area (Å²) in [7, 11) is 1.48. The van der Waals surface area contributed by atoms with Crippen molar-refractivity contribution in [1.82, 2.24) is 5.06 Å². The molecule has 0 saturated carbocycles. The lowest BCUT2D eigenvalue weighted by molar-refractivity contribution is -0.238. The van der Waals surface area contributed by atoms with E-state index in [0.717, 1.165) is 23.1 Å². The van der Waals surface area contributed by atoms with Gasteiger partial charge in [-0.2, -0.15) is 0 Å². The molecule has 0 unspecified atom stereocenters. The zero-order valence-corrected chi connectivity index (χ0v) is 13.8. The van der Waals surface area contributed by atoms with Gasteiger partial charge in [-0.05, 0) is 43.9 Å². The molecule has 5 heteroatoms. The minimum Gasteiger partial charge on any atom is -0.509 e.